The maximum absolute atomic E-state index is 10.6. The van der Waals surface area contributed by atoms with Crippen molar-refractivity contribution in [2.75, 3.05) is 5.73 Å². The molecule has 0 spiro atoms. The van der Waals surface area contributed by atoms with E-state index in [9.17, 15) is 4.79 Å². The van der Waals surface area contributed by atoms with E-state index in [2.05, 4.69) is 0 Å². The molecule has 1 amide bonds. The second kappa shape index (κ2) is 4.27. The molecular weight excluding hydrogens is 168 g/mol. The maximum Gasteiger partial charge on any atom is 0.267 e. The molecule has 0 aliphatic heterocycles. The van der Waals surface area contributed by atoms with Crippen molar-refractivity contribution in [1.82, 2.24) is 5.48 Å². The summed E-state index contributed by atoms with van der Waals surface area (Å²) in [6.45, 7) is 0. The summed E-state index contributed by atoms with van der Waals surface area (Å²) in [6.07, 6.45) is 2.77. The minimum Gasteiger partial charge on any atom is -0.399 e. The second-order valence-corrected chi connectivity index (χ2v) is 2.48. The molecule has 4 nitrogen and oxygen atoms in total. The molecule has 0 heterocycles. The van der Waals surface area contributed by atoms with E-state index in [4.69, 9.17) is 10.9 Å². The minimum atomic E-state index is -0.567. The largest absolute Gasteiger partial charge is 0.399 e. The summed E-state index contributed by atoms with van der Waals surface area (Å²) in [5.74, 6) is -0.567. The van der Waals surface area contributed by atoms with Crippen LogP contribution in [0.3, 0.4) is 0 Å². The van der Waals surface area contributed by atoms with Gasteiger partial charge in [-0.15, -0.1) is 0 Å². The zero-order valence-electron chi connectivity index (χ0n) is 6.90. The Morgan fingerprint density at radius 1 is 1.54 bits per heavy atom. The minimum absolute atomic E-state index is 0.567. The Labute approximate surface area is 75.6 Å². The summed E-state index contributed by atoms with van der Waals surface area (Å²) < 4.78 is 0. The highest BCUT2D eigenvalue weighted by atomic mass is 16.5. The van der Waals surface area contributed by atoms with Crippen LogP contribution < -0.4 is 11.2 Å². The summed E-state index contributed by atoms with van der Waals surface area (Å²) in [7, 11) is 0. The molecular formula is C9H10N2O2. The Balaban J connectivity index is 2.74. The molecule has 0 saturated heterocycles. The topological polar surface area (TPSA) is 75.4 Å². The van der Waals surface area contributed by atoms with E-state index in [0.717, 1.165) is 5.56 Å². The number of rotatable bonds is 2. The van der Waals surface area contributed by atoms with Crippen molar-refractivity contribution in [3.05, 3.63) is 35.9 Å². The fraction of sp³-hybridized carbons (Fsp3) is 0. The SMILES string of the molecule is Nc1cccc(/C=C/C(=O)NO)c1. The van der Waals surface area contributed by atoms with Gasteiger partial charge in [-0.3, -0.25) is 10.0 Å². The molecule has 0 radical (unpaired) electrons. The Bertz CT molecular complexity index is 334. The zero-order chi connectivity index (χ0) is 9.68. The molecule has 0 bridgehead atoms. The quantitative estimate of drug-likeness (QED) is 0.271. The van der Waals surface area contributed by atoms with Gasteiger partial charge < -0.3 is 5.73 Å². The number of anilines is 1. The van der Waals surface area contributed by atoms with Gasteiger partial charge in [0.2, 0.25) is 0 Å². The smallest absolute Gasteiger partial charge is 0.267 e. The van der Waals surface area contributed by atoms with Crippen molar-refractivity contribution >= 4 is 17.7 Å². The van der Waals surface area contributed by atoms with Crippen molar-refractivity contribution in [2.24, 2.45) is 0 Å². The number of nitrogens with one attached hydrogen (secondary N) is 1. The molecule has 4 heteroatoms. The average molecular weight is 178 g/mol. The van der Waals surface area contributed by atoms with Crippen LogP contribution in [0.2, 0.25) is 0 Å². The van der Waals surface area contributed by atoms with Crippen molar-refractivity contribution in [2.45, 2.75) is 0 Å². The standard InChI is InChI=1S/C9H10N2O2/c10-8-3-1-2-7(6-8)4-5-9(12)11-13/h1-6,13H,10H2,(H,11,12)/b5-4+. The Morgan fingerprint density at radius 2 is 2.31 bits per heavy atom. The Hall–Kier alpha value is -1.81. The third kappa shape index (κ3) is 2.96. The van der Waals surface area contributed by atoms with Crippen LogP contribution in [0.5, 0.6) is 0 Å². The zero-order valence-corrected chi connectivity index (χ0v) is 6.90. The average Bonchev–Trinajstić information content (AvgIpc) is 2.14. The van der Waals surface area contributed by atoms with Gasteiger partial charge in [0.05, 0.1) is 0 Å². The second-order valence-electron chi connectivity index (χ2n) is 2.48. The molecule has 0 aliphatic carbocycles. The predicted molar refractivity (Wildman–Crippen MR) is 49.8 cm³/mol. The molecule has 0 fully saturated rings. The first kappa shape index (κ1) is 9.28. The molecule has 13 heavy (non-hydrogen) atoms. The highest BCUT2D eigenvalue weighted by Gasteiger charge is 1.91. The van der Waals surface area contributed by atoms with Crippen LogP contribution in [0.4, 0.5) is 5.69 Å². The molecule has 0 unspecified atom stereocenters. The van der Waals surface area contributed by atoms with Crippen molar-refractivity contribution < 1.29 is 10.0 Å². The van der Waals surface area contributed by atoms with Gasteiger partial charge in [-0.05, 0) is 23.8 Å². The number of carbonyl (C=O) groups is 1. The van der Waals surface area contributed by atoms with Gasteiger partial charge in [0.1, 0.15) is 0 Å². The Kier molecular flexibility index (Phi) is 3.05. The van der Waals surface area contributed by atoms with E-state index < -0.39 is 5.91 Å². The number of hydrogen-bond acceptors (Lipinski definition) is 3. The van der Waals surface area contributed by atoms with E-state index in [0.29, 0.717) is 5.69 Å². The molecule has 1 rings (SSSR count). The predicted octanol–water partition coefficient (Wildman–Crippen LogP) is 0.787. The lowest BCUT2D eigenvalue weighted by atomic mass is 10.2. The van der Waals surface area contributed by atoms with Gasteiger partial charge in [0, 0.05) is 11.8 Å². The number of hydrogen-bond donors (Lipinski definition) is 3. The normalized spacial score (nSPS) is 10.2. The molecule has 1 aromatic rings. The van der Waals surface area contributed by atoms with E-state index in [1.807, 2.05) is 0 Å². The van der Waals surface area contributed by atoms with Gasteiger partial charge >= 0.3 is 0 Å². The van der Waals surface area contributed by atoms with Crippen molar-refractivity contribution in [1.29, 1.82) is 0 Å². The monoisotopic (exact) mass is 178 g/mol. The number of nitrogen functional groups attached to an aromatic ring is 1. The summed E-state index contributed by atoms with van der Waals surface area (Å²) in [5.41, 5.74) is 8.45. The fourth-order valence-electron chi connectivity index (χ4n) is 0.872. The van der Waals surface area contributed by atoms with Gasteiger partial charge in [0.25, 0.3) is 5.91 Å². The lowest BCUT2D eigenvalue weighted by Crippen LogP contribution is -2.14. The van der Waals surface area contributed by atoms with Crippen molar-refractivity contribution in [3.8, 4) is 0 Å². The number of nitrogens with two attached hydrogens (primary N) is 1. The van der Waals surface area contributed by atoms with Crippen LogP contribution in [0.1, 0.15) is 5.56 Å². The van der Waals surface area contributed by atoms with E-state index in [1.54, 1.807) is 30.3 Å². The van der Waals surface area contributed by atoms with E-state index in [1.165, 1.54) is 11.6 Å². The lowest BCUT2D eigenvalue weighted by molar-refractivity contribution is -0.124. The van der Waals surface area contributed by atoms with Crippen LogP contribution in [0.15, 0.2) is 30.3 Å². The highest BCUT2D eigenvalue weighted by molar-refractivity contribution is 5.90. The highest BCUT2D eigenvalue weighted by Crippen LogP contribution is 2.07. The van der Waals surface area contributed by atoms with Gasteiger partial charge in [-0.2, -0.15) is 0 Å². The van der Waals surface area contributed by atoms with Gasteiger partial charge in [0.15, 0.2) is 0 Å². The lowest BCUT2D eigenvalue weighted by Gasteiger charge is -1.94. The number of amides is 1. The fourth-order valence-corrected chi connectivity index (χ4v) is 0.872. The third-order valence-electron chi connectivity index (χ3n) is 1.45. The molecule has 68 valence electrons. The molecule has 0 aromatic heterocycles. The van der Waals surface area contributed by atoms with Crippen molar-refractivity contribution in [3.63, 3.8) is 0 Å². The number of carbonyl (C=O) groups excluding carboxylic acids is 1. The van der Waals surface area contributed by atoms with Crippen LogP contribution >= 0.6 is 0 Å². The molecule has 4 N–H and O–H groups in total. The summed E-state index contributed by atoms with van der Waals surface area (Å²) in [5, 5.41) is 8.19. The Morgan fingerprint density at radius 3 is 2.92 bits per heavy atom. The van der Waals surface area contributed by atoms with Crippen LogP contribution in [-0.4, -0.2) is 11.1 Å². The summed E-state index contributed by atoms with van der Waals surface area (Å²) in [4.78, 5) is 10.6. The molecule has 0 atom stereocenters. The third-order valence-corrected chi connectivity index (χ3v) is 1.45. The first-order chi connectivity index (χ1) is 6.22. The number of hydroxylamine groups is 1. The first-order valence-corrected chi connectivity index (χ1v) is 3.70. The van der Waals surface area contributed by atoms with Gasteiger partial charge in [-0.1, -0.05) is 12.1 Å². The molecule has 0 aliphatic rings. The summed E-state index contributed by atoms with van der Waals surface area (Å²) >= 11 is 0. The van der Waals surface area contributed by atoms with Crippen LogP contribution in [-0.2, 0) is 4.79 Å². The van der Waals surface area contributed by atoms with Crippen LogP contribution in [0.25, 0.3) is 6.08 Å². The van der Waals surface area contributed by atoms with E-state index >= 15 is 0 Å². The van der Waals surface area contributed by atoms with Crippen LogP contribution in [0, 0.1) is 0 Å². The molecule has 0 saturated carbocycles. The maximum atomic E-state index is 10.6. The molecule has 1 aromatic carbocycles. The van der Waals surface area contributed by atoms with E-state index in [-0.39, 0.29) is 0 Å². The first-order valence-electron chi connectivity index (χ1n) is 3.70. The number of benzene rings is 1. The summed E-state index contributed by atoms with van der Waals surface area (Å²) in [6, 6.07) is 7.06. The van der Waals surface area contributed by atoms with Gasteiger partial charge in [-0.25, -0.2) is 5.48 Å².